The minimum absolute atomic E-state index is 0.0458. The molecule has 27 heavy (non-hydrogen) atoms. The molecule has 0 saturated heterocycles. The number of amides is 3. The van der Waals surface area contributed by atoms with Crippen molar-refractivity contribution in [3.63, 3.8) is 0 Å². The number of nitrogens with zero attached hydrogens (tertiary/aromatic N) is 3. The molecule has 0 radical (unpaired) electrons. The first-order valence-electron chi connectivity index (χ1n) is 8.84. The van der Waals surface area contributed by atoms with E-state index in [4.69, 9.17) is 4.42 Å². The number of anilines is 1. The van der Waals surface area contributed by atoms with Crippen LogP contribution in [0.25, 0.3) is 0 Å². The number of aromatic nitrogens is 1. The molecule has 0 aliphatic carbocycles. The first kappa shape index (κ1) is 17.7. The Kier molecular flexibility index (Phi) is 4.26. The third-order valence-electron chi connectivity index (χ3n) is 4.88. The number of nitrogens with one attached hydrogen (secondary N) is 1. The van der Waals surface area contributed by atoms with Gasteiger partial charge in [-0.1, -0.05) is 6.92 Å². The minimum Gasteiger partial charge on any atom is -0.435 e. The average molecular weight is 388 g/mol. The lowest BCUT2D eigenvalue weighted by Crippen LogP contribution is -2.36. The predicted molar refractivity (Wildman–Crippen MR) is 99.0 cm³/mol. The zero-order valence-electron chi connectivity index (χ0n) is 15.4. The molecule has 0 fully saturated rings. The van der Waals surface area contributed by atoms with E-state index in [0.717, 1.165) is 10.4 Å². The number of rotatable bonds is 2. The quantitative estimate of drug-likeness (QED) is 0.847. The first-order chi connectivity index (χ1) is 12.9. The van der Waals surface area contributed by atoms with Gasteiger partial charge < -0.3 is 19.5 Å². The van der Waals surface area contributed by atoms with Crippen LogP contribution in [-0.2, 0) is 24.2 Å². The summed E-state index contributed by atoms with van der Waals surface area (Å²) in [7, 11) is 1.62. The summed E-state index contributed by atoms with van der Waals surface area (Å²) in [5, 5.41) is 3.40. The summed E-state index contributed by atoms with van der Waals surface area (Å²) in [6.45, 7) is 4.61. The Labute approximate surface area is 160 Å². The average Bonchev–Trinajstić information content (AvgIpc) is 3.16. The van der Waals surface area contributed by atoms with Gasteiger partial charge in [0.25, 0.3) is 11.8 Å². The van der Waals surface area contributed by atoms with Gasteiger partial charge in [-0.15, -0.1) is 11.3 Å². The zero-order valence-corrected chi connectivity index (χ0v) is 16.2. The summed E-state index contributed by atoms with van der Waals surface area (Å²) in [5.74, 6) is 0.270. The molecule has 0 bridgehead atoms. The Balaban J connectivity index is 1.64. The van der Waals surface area contributed by atoms with Crippen molar-refractivity contribution in [2.45, 2.75) is 33.2 Å². The van der Waals surface area contributed by atoms with Gasteiger partial charge in [0.05, 0.1) is 24.3 Å². The molecule has 8 nitrogen and oxygen atoms in total. The number of carbonyl (C=O) groups excluding carboxylic acids is 3. The number of hydrogen-bond acceptors (Lipinski definition) is 6. The molecule has 0 aromatic carbocycles. The highest BCUT2D eigenvalue weighted by Gasteiger charge is 2.35. The molecular weight excluding hydrogens is 368 g/mol. The van der Waals surface area contributed by atoms with Crippen molar-refractivity contribution >= 4 is 34.1 Å². The number of fused-ring (bicyclic) bond motifs is 3. The van der Waals surface area contributed by atoms with Crippen LogP contribution in [-0.4, -0.2) is 52.6 Å². The van der Waals surface area contributed by atoms with E-state index in [9.17, 15) is 14.4 Å². The molecule has 0 atom stereocenters. The lowest BCUT2D eigenvalue weighted by molar-refractivity contribution is -0.116. The van der Waals surface area contributed by atoms with Gasteiger partial charge in [-0.05, 0) is 18.9 Å². The van der Waals surface area contributed by atoms with Crippen LogP contribution >= 0.6 is 11.3 Å². The summed E-state index contributed by atoms with van der Waals surface area (Å²) in [5.41, 5.74) is 2.09. The molecule has 2 aromatic heterocycles. The lowest BCUT2D eigenvalue weighted by Gasteiger charge is -2.27. The molecule has 4 rings (SSSR count). The maximum atomic E-state index is 12.9. The van der Waals surface area contributed by atoms with Crippen molar-refractivity contribution in [1.29, 1.82) is 0 Å². The molecule has 0 spiro atoms. The Morgan fingerprint density at radius 2 is 2.11 bits per heavy atom. The molecule has 0 unspecified atom stereocenters. The van der Waals surface area contributed by atoms with E-state index in [-0.39, 0.29) is 30.0 Å². The van der Waals surface area contributed by atoms with E-state index in [2.05, 4.69) is 10.3 Å². The standard InChI is InChI=1S/C18H20N4O4S/c1-4-13-19-9(2)15(26-13)18(25)22-6-5-10-11(7-22)27-16-14(10)17(24)21(3)8-12(23)20-16/h4-8H2,1-3H3,(H,20,23). The molecule has 0 saturated carbocycles. The second-order valence-electron chi connectivity index (χ2n) is 6.77. The third-order valence-corrected chi connectivity index (χ3v) is 6.01. The van der Waals surface area contributed by atoms with Crippen LogP contribution in [0.15, 0.2) is 4.42 Å². The molecule has 2 aliphatic heterocycles. The van der Waals surface area contributed by atoms with Crippen LogP contribution in [0.3, 0.4) is 0 Å². The van der Waals surface area contributed by atoms with E-state index in [0.29, 0.717) is 48.1 Å². The van der Waals surface area contributed by atoms with Gasteiger partial charge in [-0.25, -0.2) is 4.98 Å². The van der Waals surface area contributed by atoms with Crippen molar-refractivity contribution in [2.75, 3.05) is 25.5 Å². The third kappa shape index (κ3) is 2.91. The predicted octanol–water partition coefficient (Wildman–Crippen LogP) is 1.83. The van der Waals surface area contributed by atoms with E-state index in [1.165, 1.54) is 16.2 Å². The zero-order chi connectivity index (χ0) is 19.3. The molecule has 2 aliphatic rings. The van der Waals surface area contributed by atoms with Gasteiger partial charge in [0, 0.05) is 24.9 Å². The fourth-order valence-electron chi connectivity index (χ4n) is 3.48. The van der Waals surface area contributed by atoms with Gasteiger partial charge in [0.1, 0.15) is 5.00 Å². The second-order valence-corrected chi connectivity index (χ2v) is 7.87. The summed E-state index contributed by atoms with van der Waals surface area (Å²) >= 11 is 1.37. The maximum Gasteiger partial charge on any atom is 0.291 e. The summed E-state index contributed by atoms with van der Waals surface area (Å²) in [6, 6.07) is 0. The normalized spacial score (nSPS) is 16.7. The van der Waals surface area contributed by atoms with Crippen molar-refractivity contribution in [1.82, 2.24) is 14.8 Å². The SMILES string of the molecule is CCc1nc(C)c(C(=O)N2CCc3c(sc4c3C(=O)N(C)CC(=O)N4)C2)o1. The Morgan fingerprint density at radius 3 is 2.81 bits per heavy atom. The molecular formula is C18H20N4O4S. The molecule has 1 N–H and O–H groups in total. The van der Waals surface area contributed by atoms with Gasteiger partial charge in [-0.3, -0.25) is 14.4 Å². The fourth-order valence-corrected chi connectivity index (χ4v) is 4.75. The van der Waals surface area contributed by atoms with E-state index < -0.39 is 0 Å². The van der Waals surface area contributed by atoms with Crippen molar-refractivity contribution in [3.05, 3.63) is 33.3 Å². The van der Waals surface area contributed by atoms with Gasteiger partial charge in [-0.2, -0.15) is 0 Å². The molecule has 9 heteroatoms. The van der Waals surface area contributed by atoms with Gasteiger partial charge in [0.2, 0.25) is 11.7 Å². The molecule has 2 aromatic rings. The Hall–Kier alpha value is -2.68. The lowest BCUT2D eigenvalue weighted by atomic mass is 10.0. The monoisotopic (exact) mass is 388 g/mol. The van der Waals surface area contributed by atoms with E-state index in [1.54, 1.807) is 18.9 Å². The topological polar surface area (TPSA) is 95.8 Å². The van der Waals surface area contributed by atoms with E-state index >= 15 is 0 Å². The highest BCUT2D eigenvalue weighted by molar-refractivity contribution is 7.17. The molecule has 3 amide bonds. The second kappa shape index (κ2) is 6.49. The molecule has 4 heterocycles. The Bertz CT molecular complexity index is 961. The highest BCUT2D eigenvalue weighted by atomic mass is 32.1. The summed E-state index contributed by atoms with van der Waals surface area (Å²) in [4.78, 5) is 45.8. The first-order valence-corrected chi connectivity index (χ1v) is 9.66. The number of carbonyl (C=O) groups is 3. The summed E-state index contributed by atoms with van der Waals surface area (Å²) in [6.07, 6.45) is 1.20. The number of hydrogen-bond donors (Lipinski definition) is 1. The minimum atomic E-state index is -0.208. The van der Waals surface area contributed by atoms with Crippen LogP contribution in [0.1, 0.15) is 49.9 Å². The summed E-state index contributed by atoms with van der Waals surface area (Å²) < 4.78 is 5.59. The number of likely N-dealkylation sites (N-methyl/N-ethyl adjacent to an activating group) is 1. The van der Waals surface area contributed by atoms with Gasteiger partial charge in [0.15, 0.2) is 5.89 Å². The van der Waals surface area contributed by atoms with Crippen molar-refractivity contribution in [3.8, 4) is 0 Å². The van der Waals surface area contributed by atoms with Crippen LogP contribution in [0.4, 0.5) is 5.00 Å². The number of aryl methyl sites for hydroxylation is 2. The Morgan fingerprint density at radius 1 is 1.33 bits per heavy atom. The van der Waals surface area contributed by atoms with Crippen LogP contribution in [0.2, 0.25) is 0 Å². The molecule has 142 valence electrons. The smallest absolute Gasteiger partial charge is 0.291 e. The highest BCUT2D eigenvalue weighted by Crippen LogP contribution is 2.39. The number of oxazole rings is 1. The van der Waals surface area contributed by atoms with Crippen LogP contribution < -0.4 is 5.32 Å². The van der Waals surface area contributed by atoms with E-state index in [1.807, 2.05) is 6.92 Å². The fraction of sp³-hybridized carbons (Fsp3) is 0.444. The maximum absolute atomic E-state index is 12.9. The van der Waals surface area contributed by atoms with Gasteiger partial charge >= 0.3 is 0 Å². The van der Waals surface area contributed by atoms with Crippen molar-refractivity contribution in [2.24, 2.45) is 0 Å². The van der Waals surface area contributed by atoms with Crippen LogP contribution in [0.5, 0.6) is 0 Å². The largest absolute Gasteiger partial charge is 0.435 e. The van der Waals surface area contributed by atoms with Crippen molar-refractivity contribution < 1.29 is 18.8 Å². The number of thiophene rings is 1. The van der Waals surface area contributed by atoms with Crippen LogP contribution in [0, 0.1) is 6.92 Å².